The summed E-state index contributed by atoms with van der Waals surface area (Å²) >= 11 is 0. The molecule has 6 nitrogen and oxygen atoms in total. The van der Waals surface area contributed by atoms with Crippen LogP contribution in [0.25, 0.3) is 0 Å². The zero-order valence-corrected chi connectivity index (χ0v) is 24.1. The smallest absolute Gasteiger partial charge is 0.257 e. The van der Waals surface area contributed by atoms with Crippen molar-refractivity contribution in [2.24, 2.45) is 5.92 Å². The molecule has 4 rings (SSSR count). The maximum Gasteiger partial charge on any atom is 0.257 e. The molecule has 40 heavy (non-hydrogen) atoms. The molecule has 7 heteroatoms. The molecule has 3 amide bonds. The van der Waals surface area contributed by atoms with Crippen molar-refractivity contribution in [1.82, 2.24) is 9.80 Å². The van der Waals surface area contributed by atoms with Gasteiger partial charge in [-0.1, -0.05) is 57.2 Å². The number of likely N-dealkylation sites (tertiary alicyclic amines) is 1. The van der Waals surface area contributed by atoms with Crippen molar-refractivity contribution in [1.29, 1.82) is 0 Å². The molecular weight excluding hydrogens is 505 g/mol. The van der Waals surface area contributed by atoms with E-state index in [1.165, 1.54) is 11.0 Å². The molecule has 1 aliphatic rings. The number of halogens is 1. The van der Waals surface area contributed by atoms with E-state index in [4.69, 9.17) is 0 Å². The highest BCUT2D eigenvalue weighted by Gasteiger charge is 2.40. The minimum Gasteiger partial charge on any atom is -0.345 e. The summed E-state index contributed by atoms with van der Waals surface area (Å²) in [6.45, 7) is 8.44. The first-order chi connectivity index (χ1) is 18.9. The van der Waals surface area contributed by atoms with E-state index < -0.39 is 23.7 Å². The normalized spacial score (nSPS) is 17.3. The Labute approximate surface area is 236 Å². The number of carbonyl (C=O) groups excluding carboxylic acids is 3. The minimum absolute atomic E-state index is 0.0193. The number of rotatable bonds is 5. The van der Waals surface area contributed by atoms with Crippen LogP contribution in [-0.2, 0) is 10.2 Å². The fraction of sp³-hybridized carbons (Fsp3) is 0.364. The monoisotopic (exact) mass is 543 g/mol. The highest BCUT2D eigenvalue weighted by atomic mass is 19.1. The number of nitrogens with one attached hydrogen (secondary N) is 1. The number of aryl methyl sites for hydroxylation is 1. The topological polar surface area (TPSA) is 69.7 Å². The molecule has 1 aliphatic heterocycles. The van der Waals surface area contributed by atoms with Gasteiger partial charge in [0, 0.05) is 31.9 Å². The zero-order valence-electron chi connectivity index (χ0n) is 24.1. The van der Waals surface area contributed by atoms with Gasteiger partial charge in [-0.05, 0) is 72.2 Å². The van der Waals surface area contributed by atoms with Gasteiger partial charge in [-0.15, -0.1) is 0 Å². The molecule has 0 spiro atoms. The van der Waals surface area contributed by atoms with Crippen LogP contribution in [0, 0.1) is 18.7 Å². The van der Waals surface area contributed by atoms with Crippen LogP contribution in [0.1, 0.15) is 77.1 Å². The van der Waals surface area contributed by atoms with Crippen molar-refractivity contribution in [3.63, 3.8) is 0 Å². The van der Waals surface area contributed by atoms with Crippen LogP contribution in [0.4, 0.5) is 10.1 Å². The summed E-state index contributed by atoms with van der Waals surface area (Å²) in [5.74, 6) is -1.94. The molecular formula is C33H38FN3O3. The predicted octanol–water partition coefficient (Wildman–Crippen LogP) is 6.37. The van der Waals surface area contributed by atoms with Crippen LogP contribution in [0.15, 0.2) is 66.7 Å². The van der Waals surface area contributed by atoms with Crippen molar-refractivity contribution in [3.8, 4) is 0 Å². The van der Waals surface area contributed by atoms with Crippen molar-refractivity contribution in [3.05, 3.63) is 100 Å². The van der Waals surface area contributed by atoms with E-state index in [1.807, 2.05) is 24.3 Å². The van der Waals surface area contributed by atoms with Crippen molar-refractivity contribution in [2.75, 3.05) is 26.0 Å². The highest BCUT2D eigenvalue weighted by Crippen LogP contribution is 2.39. The third kappa shape index (κ3) is 6.09. The summed E-state index contributed by atoms with van der Waals surface area (Å²) in [5.41, 5.74) is 3.50. The maximum absolute atomic E-state index is 14.9. The molecule has 0 aliphatic carbocycles. The van der Waals surface area contributed by atoms with Crippen LogP contribution in [0.2, 0.25) is 0 Å². The summed E-state index contributed by atoms with van der Waals surface area (Å²) in [6, 6.07) is 18.8. The first-order valence-corrected chi connectivity index (χ1v) is 13.7. The van der Waals surface area contributed by atoms with Crippen LogP contribution >= 0.6 is 0 Å². The van der Waals surface area contributed by atoms with Gasteiger partial charge in [-0.25, -0.2) is 4.39 Å². The second kappa shape index (κ2) is 11.6. The molecule has 1 saturated heterocycles. The van der Waals surface area contributed by atoms with Gasteiger partial charge in [0.15, 0.2) is 0 Å². The van der Waals surface area contributed by atoms with Gasteiger partial charge in [-0.2, -0.15) is 0 Å². The summed E-state index contributed by atoms with van der Waals surface area (Å²) in [6.07, 6.45) is 1.17. The lowest BCUT2D eigenvalue weighted by molar-refractivity contribution is -0.123. The number of amides is 3. The van der Waals surface area contributed by atoms with E-state index in [9.17, 15) is 18.8 Å². The standard InChI is InChI=1S/C33H38FN3O3/c1-21-10-7-14-27(34)28(21)32(40)37-19-9-13-26(29(37)22-15-17-23(18-16-22)31(39)36(5)6)30(38)35-25-12-8-11-24(20-25)33(2,3)4/h7-8,10-12,14-18,20,26,29H,9,13,19H2,1-6H3,(H,35,38)/t26-,29-/m0/s1. The molecule has 0 bridgehead atoms. The molecule has 1 fully saturated rings. The third-order valence-corrected chi connectivity index (χ3v) is 7.57. The number of hydrogen-bond acceptors (Lipinski definition) is 3. The van der Waals surface area contributed by atoms with Crippen molar-refractivity contribution in [2.45, 2.75) is 52.0 Å². The van der Waals surface area contributed by atoms with Gasteiger partial charge >= 0.3 is 0 Å². The minimum atomic E-state index is -0.630. The van der Waals surface area contributed by atoms with E-state index in [0.717, 1.165) is 11.1 Å². The quantitative estimate of drug-likeness (QED) is 0.407. The number of piperidine rings is 1. The lowest BCUT2D eigenvalue weighted by Crippen LogP contribution is -2.46. The van der Waals surface area contributed by atoms with Gasteiger partial charge < -0.3 is 15.1 Å². The third-order valence-electron chi connectivity index (χ3n) is 7.57. The fourth-order valence-corrected chi connectivity index (χ4v) is 5.34. The number of hydrogen-bond donors (Lipinski definition) is 1. The summed E-state index contributed by atoms with van der Waals surface area (Å²) in [4.78, 5) is 43.3. The molecule has 0 unspecified atom stereocenters. The fourth-order valence-electron chi connectivity index (χ4n) is 5.34. The van der Waals surface area contributed by atoms with Gasteiger partial charge in [0.1, 0.15) is 5.82 Å². The van der Waals surface area contributed by atoms with E-state index in [2.05, 4.69) is 26.1 Å². The Hall–Kier alpha value is -4.00. The van der Waals surface area contributed by atoms with E-state index in [-0.39, 0.29) is 22.8 Å². The second-order valence-corrected chi connectivity index (χ2v) is 11.8. The zero-order chi connectivity index (χ0) is 29.2. The maximum atomic E-state index is 14.9. The Kier molecular flexibility index (Phi) is 8.43. The summed E-state index contributed by atoms with van der Waals surface area (Å²) in [5, 5.41) is 3.08. The second-order valence-electron chi connectivity index (χ2n) is 11.8. The van der Waals surface area contributed by atoms with Crippen LogP contribution in [0.5, 0.6) is 0 Å². The Morgan fingerprint density at radius 1 is 0.975 bits per heavy atom. The van der Waals surface area contributed by atoms with Gasteiger partial charge in [-0.3, -0.25) is 14.4 Å². The Balaban J connectivity index is 1.73. The number of nitrogens with zero attached hydrogens (tertiary/aromatic N) is 2. The summed E-state index contributed by atoms with van der Waals surface area (Å²) < 4.78 is 14.9. The molecule has 3 aromatic rings. The lowest BCUT2D eigenvalue weighted by atomic mass is 9.82. The van der Waals surface area contributed by atoms with Gasteiger partial charge in [0.2, 0.25) is 5.91 Å². The molecule has 0 saturated carbocycles. The first kappa shape index (κ1) is 29.0. The Morgan fingerprint density at radius 2 is 1.65 bits per heavy atom. The lowest BCUT2D eigenvalue weighted by Gasteiger charge is -2.41. The molecule has 1 N–H and O–H groups in total. The van der Waals surface area contributed by atoms with Crippen LogP contribution in [-0.4, -0.2) is 48.2 Å². The first-order valence-electron chi connectivity index (χ1n) is 13.7. The molecule has 2 atom stereocenters. The molecule has 3 aromatic carbocycles. The average Bonchev–Trinajstić information content (AvgIpc) is 2.91. The Morgan fingerprint density at radius 3 is 2.27 bits per heavy atom. The van der Waals surface area contributed by atoms with Crippen molar-refractivity contribution < 1.29 is 18.8 Å². The highest BCUT2D eigenvalue weighted by molar-refractivity contribution is 5.98. The van der Waals surface area contributed by atoms with Gasteiger partial charge in [0.25, 0.3) is 11.8 Å². The number of benzene rings is 3. The van der Waals surface area contributed by atoms with E-state index in [1.54, 1.807) is 62.3 Å². The largest absolute Gasteiger partial charge is 0.345 e. The number of anilines is 1. The van der Waals surface area contributed by atoms with Gasteiger partial charge in [0.05, 0.1) is 17.5 Å². The van der Waals surface area contributed by atoms with E-state index >= 15 is 0 Å². The van der Waals surface area contributed by atoms with Crippen LogP contribution < -0.4 is 5.32 Å². The van der Waals surface area contributed by atoms with Crippen LogP contribution in [0.3, 0.4) is 0 Å². The van der Waals surface area contributed by atoms with E-state index in [0.29, 0.717) is 36.2 Å². The molecule has 0 aromatic heterocycles. The molecule has 1 heterocycles. The molecule has 210 valence electrons. The van der Waals surface area contributed by atoms with Crippen molar-refractivity contribution >= 4 is 23.4 Å². The molecule has 0 radical (unpaired) electrons. The predicted molar refractivity (Wildman–Crippen MR) is 156 cm³/mol. The average molecular weight is 544 g/mol. The SMILES string of the molecule is Cc1cccc(F)c1C(=O)N1CCC[C@H](C(=O)Nc2cccc(C(C)(C)C)c2)[C@@H]1c1ccc(C(=O)N(C)C)cc1. The summed E-state index contributed by atoms with van der Waals surface area (Å²) in [7, 11) is 3.37. The Bertz CT molecular complexity index is 1390. The number of carbonyl (C=O) groups is 3.